The zero-order valence-electron chi connectivity index (χ0n) is 15.2. The lowest BCUT2D eigenvalue weighted by Crippen LogP contribution is -2.28. The molecule has 4 aromatic carbocycles. The van der Waals surface area contributed by atoms with E-state index in [0.717, 1.165) is 5.30 Å². The summed E-state index contributed by atoms with van der Waals surface area (Å²) in [7, 11) is 0. The van der Waals surface area contributed by atoms with Crippen LogP contribution in [0.2, 0.25) is 10.0 Å². The fourth-order valence-electron chi connectivity index (χ4n) is 3.50. The number of halogens is 2. The second-order valence-corrected chi connectivity index (χ2v) is 10.5. The number of benzene rings is 4. The van der Waals surface area contributed by atoms with Crippen LogP contribution in [-0.4, -0.2) is 5.80 Å². The number of hydrogen-bond donors (Lipinski definition) is 0. The van der Waals surface area contributed by atoms with Gasteiger partial charge >= 0.3 is 0 Å². The molecule has 28 heavy (non-hydrogen) atoms. The van der Waals surface area contributed by atoms with E-state index in [9.17, 15) is 0 Å². The molecule has 0 radical (unpaired) electrons. The van der Waals surface area contributed by atoms with Gasteiger partial charge in [-0.1, -0.05) is 126 Å². The molecule has 0 nitrogen and oxygen atoms in total. The summed E-state index contributed by atoms with van der Waals surface area (Å²) in [6.45, 7) is -2.18. The lowest BCUT2D eigenvalue weighted by atomic mass is 10.2. The second-order valence-electron chi connectivity index (χ2n) is 6.51. The van der Waals surface area contributed by atoms with Crippen LogP contribution in [0.15, 0.2) is 109 Å². The first-order valence-corrected chi connectivity index (χ1v) is 11.7. The Morgan fingerprint density at radius 3 is 1.57 bits per heavy atom. The highest BCUT2D eigenvalue weighted by Crippen LogP contribution is 2.47. The maximum absolute atomic E-state index is 6.82. The van der Waals surface area contributed by atoms with Crippen LogP contribution >= 0.6 is 30.1 Å². The predicted molar refractivity (Wildman–Crippen MR) is 127 cm³/mol. The average Bonchev–Trinajstić information content (AvgIpc) is 2.76. The van der Waals surface area contributed by atoms with Crippen LogP contribution in [0.25, 0.3) is 0 Å². The van der Waals surface area contributed by atoms with Crippen LogP contribution in [0.1, 0.15) is 5.56 Å². The van der Waals surface area contributed by atoms with Crippen molar-refractivity contribution in [2.45, 2.75) is 0 Å². The van der Waals surface area contributed by atoms with E-state index in [2.05, 4.69) is 84.7 Å². The lowest BCUT2D eigenvalue weighted by molar-refractivity contribution is 1.69. The van der Waals surface area contributed by atoms with E-state index < -0.39 is 6.89 Å². The second kappa shape index (κ2) is 8.41. The standard InChI is InChI=1S/C25H19Cl2P/c26-23-17-10-18-24(25(23)27)28(21-13-6-2-7-14-21,22-15-8-3-9-16-22)19-20-11-4-1-5-12-20/h1-19H. The number of rotatable bonds is 4. The van der Waals surface area contributed by atoms with E-state index in [1.165, 1.54) is 16.2 Å². The maximum atomic E-state index is 6.82. The van der Waals surface area contributed by atoms with Gasteiger partial charge in [-0.05, 0) is 34.9 Å². The van der Waals surface area contributed by atoms with Gasteiger partial charge in [-0.3, -0.25) is 0 Å². The Hall–Kier alpha value is -2.24. The van der Waals surface area contributed by atoms with Crippen molar-refractivity contribution in [2.75, 3.05) is 0 Å². The van der Waals surface area contributed by atoms with Crippen molar-refractivity contribution in [2.24, 2.45) is 0 Å². The van der Waals surface area contributed by atoms with Crippen molar-refractivity contribution in [1.82, 2.24) is 0 Å². The Morgan fingerprint density at radius 1 is 0.536 bits per heavy atom. The lowest BCUT2D eigenvalue weighted by Gasteiger charge is -2.30. The van der Waals surface area contributed by atoms with Gasteiger partial charge in [-0.2, -0.15) is 0 Å². The highest BCUT2D eigenvalue weighted by Gasteiger charge is 2.28. The molecule has 0 heterocycles. The maximum Gasteiger partial charge on any atom is 0.0675 e. The van der Waals surface area contributed by atoms with Gasteiger partial charge in [-0.25, -0.2) is 0 Å². The molecule has 0 amide bonds. The molecule has 3 heteroatoms. The van der Waals surface area contributed by atoms with Gasteiger partial charge in [0.2, 0.25) is 0 Å². The molecule has 0 spiro atoms. The van der Waals surface area contributed by atoms with Gasteiger partial charge in [0.25, 0.3) is 0 Å². The molecule has 4 aromatic rings. The van der Waals surface area contributed by atoms with E-state index in [-0.39, 0.29) is 0 Å². The van der Waals surface area contributed by atoms with E-state index in [4.69, 9.17) is 23.2 Å². The molecule has 138 valence electrons. The van der Waals surface area contributed by atoms with Crippen LogP contribution in [0.5, 0.6) is 0 Å². The Bertz CT molecular complexity index is 1080. The van der Waals surface area contributed by atoms with Crippen LogP contribution in [0.4, 0.5) is 0 Å². The van der Waals surface area contributed by atoms with Crippen LogP contribution < -0.4 is 15.9 Å². The van der Waals surface area contributed by atoms with Crippen LogP contribution in [0.3, 0.4) is 0 Å². The highest BCUT2D eigenvalue weighted by atomic mass is 35.5. The quantitative estimate of drug-likeness (QED) is 0.348. The van der Waals surface area contributed by atoms with Crippen molar-refractivity contribution in [3.63, 3.8) is 0 Å². The van der Waals surface area contributed by atoms with Crippen LogP contribution in [-0.2, 0) is 0 Å². The first-order valence-electron chi connectivity index (χ1n) is 9.07. The van der Waals surface area contributed by atoms with E-state index in [0.29, 0.717) is 10.0 Å². The molecule has 0 fully saturated rings. The molecular formula is C25H19Cl2P. The summed E-state index contributed by atoms with van der Waals surface area (Å²) in [5, 5.41) is 4.76. The Labute approximate surface area is 176 Å². The van der Waals surface area contributed by atoms with Crippen LogP contribution in [0, 0.1) is 0 Å². The van der Waals surface area contributed by atoms with Gasteiger partial charge < -0.3 is 0 Å². The molecule has 0 bridgehead atoms. The van der Waals surface area contributed by atoms with Gasteiger partial charge in [-0.15, -0.1) is 0 Å². The molecule has 0 aliphatic heterocycles. The summed E-state index contributed by atoms with van der Waals surface area (Å²) in [5.41, 5.74) is 1.17. The average molecular weight is 421 g/mol. The van der Waals surface area contributed by atoms with Crippen molar-refractivity contribution in [3.8, 4) is 0 Å². The van der Waals surface area contributed by atoms with Gasteiger partial charge in [0.15, 0.2) is 0 Å². The minimum absolute atomic E-state index is 0.580. The first-order chi connectivity index (χ1) is 13.7. The van der Waals surface area contributed by atoms with E-state index in [1.807, 2.05) is 30.3 Å². The molecule has 0 unspecified atom stereocenters. The zero-order valence-corrected chi connectivity index (χ0v) is 17.6. The summed E-state index contributed by atoms with van der Waals surface area (Å²) in [6, 6.07) is 37.6. The van der Waals surface area contributed by atoms with E-state index >= 15 is 0 Å². The third-order valence-corrected chi connectivity index (χ3v) is 9.77. The third kappa shape index (κ3) is 3.56. The third-order valence-electron chi connectivity index (χ3n) is 4.78. The summed E-state index contributed by atoms with van der Waals surface area (Å²) >= 11 is 13.3. The molecule has 4 rings (SSSR count). The van der Waals surface area contributed by atoms with Gasteiger partial charge in [0.1, 0.15) is 0 Å². The molecule has 0 aliphatic rings. The summed E-state index contributed by atoms with van der Waals surface area (Å²) in [4.78, 5) is 0. The molecule has 0 aromatic heterocycles. The summed E-state index contributed by atoms with van der Waals surface area (Å²) in [5.74, 6) is 2.38. The zero-order chi connectivity index (χ0) is 19.4. The Kier molecular flexibility index (Phi) is 5.74. The molecule has 0 atom stereocenters. The molecule has 0 saturated heterocycles. The van der Waals surface area contributed by atoms with Crippen molar-refractivity contribution < 1.29 is 0 Å². The molecular weight excluding hydrogens is 402 g/mol. The van der Waals surface area contributed by atoms with Crippen molar-refractivity contribution in [1.29, 1.82) is 0 Å². The molecule has 0 aliphatic carbocycles. The topological polar surface area (TPSA) is 0 Å². The minimum atomic E-state index is -2.18. The summed E-state index contributed by atoms with van der Waals surface area (Å²) < 4.78 is 0. The Balaban J connectivity index is 2.19. The Morgan fingerprint density at radius 2 is 1.04 bits per heavy atom. The highest BCUT2D eigenvalue weighted by molar-refractivity contribution is 7.94. The van der Waals surface area contributed by atoms with E-state index in [1.54, 1.807) is 0 Å². The SMILES string of the molecule is Clc1cccc(P(=Cc2ccccc2)(c2ccccc2)c2ccccc2)c1Cl. The number of hydrogen-bond acceptors (Lipinski definition) is 0. The predicted octanol–water partition coefficient (Wildman–Crippen LogP) is 6.14. The van der Waals surface area contributed by atoms with Crippen molar-refractivity contribution in [3.05, 3.63) is 125 Å². The normalized spacial score (nSPS) is 11.2. The molecule has 0 saturated carbocycles. The smallest absolute Gasteiger partial charge is 0.0675 e. The van der Waals surface area contributed by atoms with Gasteiger partial charge in [0, 0.05) is 5.30 Å². The first kappa shape index (κ1) is 19.1. The fourth-order valence-corrected chi connectivity index (χ4v) is 8.21. The van der Waals surface area contributed by atoms with Crippen molar-refractivity contribution >= 4 is 51.8 Å². The molecule has 0 N–H and O–H groups in total. The summed E-state index contributed by atoms with van der Waals surface area (Å²) in [6.07, 6.45) is 0. The monoisotopic (exact) mass is 420 g/mol. The minimum Gasteiger partial charge on any atom is -0.0827 e. The van der Waals surface area contributed by atoms with Gasteiger partial charge in [0.05, 0.1) is 10.0 Å². The largest absolute Gasteiger partial charge is 0.0827 e. The fraction of sp³-hybridized carbons (Fsp3) is 0.